The number of aliphatic hydroxyl groups excluding tert-OH is 1. The molecule has 3 unspecified atom stereocenters. The lowest BCUT2D eigenvalue weighted by molar-refractivity contribution is -0.132. The molecule has 0 heterocycles. The van der Waals surface area contributed by atoms with E-state index in [0.717, 1.165) is 42.5 Å². The van der Waals surface area contributed by atoms with Gasteiger partial charge >= 0.3 is 0 Å². The third kappa shape index (κ3) is 5.04. The second-order valence-corrected chi connectivity index (χ2v) is 9.85. The van der Waals surface area contributed by atoms with Gasteiger partial charge in [0.15, 0.2) is 0 Å². The number of methoxy groups -OCH3 is 1. The number of ether oxygens (including phenoxy) is 1. The first-order valence-electron chi connectivity index (χ1n) is 12.6. The Kier molecular flexibility index (Phi) is 7.90. The molecule has 0 aliphatic heterocycles. The summed E-state index contributed by atoms with van der Waals surface area (Å²) in [5.41, 5.74) is 2.84. The predicted molar refractivity (Wildman–Crippen MR) is 128 cm³/mol. The number of carbonyl (C=O) groups excluding carboxylic acids is 1. The summed E-state index contributed by atoms with van der Waals surface area (Å²) >= 11 is 0. The van der Waals surface area contributed by atoms with Crippen LogP contribution in [0.1, 0.15) is 70.6 Å². The van der Waals surface area contributed by atoms with Gasteiger partial charge in [0.2, 0.25) is 0 Å². The summed E-state index contributed by atoms with van der Waals surface area (Å²) in [4.78, 5) is 15.9. The van der Waals surface area contributed by atoms with Gasteiger partial charge in [-0.05, 0) is 43.8 Å². The molecule has 0 bridgehead atoms. The van der Waals surface area contributed by atoms with Gasteiger partial charge in [0.05, 0.1) is 6.10 Å². The Morgan fingerprint density at radius 3 is 2.31 bits per heavy atom. The van der Waals surface area contributed by atoms with Crippen molar-refractivity contribution in [2.75, 3.05) is 14.2 Å². The van der Waals surface area contributed by atoms with Crippen LogP contribution in [-0.2, 0) is 9.53 Å². The summed E-state index contributed by atoms with van der Waals surface area (Å²) in [5.74, 6) is 0.209. The Balaban J connectivity index is 1.43. The van der Waals surface area contributed by atoms with Gasteiger partial charge in [-0.25, -0.2) is 0 Å². The molecule has 1 amide bonds. The highest BCUT2D eigenvalue weighted by Gasteiger charge is 2.35. The van der Waals surface area contributed by atoms with E-state index in [9.17, 15) is 9.90 Å². The molecule has 2 saturated carbocycles. The van der Waals surface area contributed by atoms with Crippen LogP contribution in [0.25, 0.3) is 0 Å². The molecule has 0 aromatic carbocycles. The highest BCUT2D eigenvalue weighted by atomic mass is 16.5. The van der Waals surface area contributed by atoms with E-state index in [4.69, 9.17) is 4.74 Å². The smallest absolute Gasteiger partial charge is 0.254 e. The summed E-state index contributed by atoms with van der Waals surface area (Å²) in [7, 11) is 3.59. The average Bonchev–Trinajstić information content (AvgIpc) is 3.38. The van der Waals surface area contributed by atoms with Crippen molar-refractivity contribution in [2.24, 2.45) is 5.92 Å². The number of nitrogens with one attached hydrogen (secondary N) is 1. The molecule has 5 nitrogen and oxygen atoms in total. The van der Waals surface area contributed by atoms with Crippen LogP contribution in [0.2, 0.25) is 0 Å². The van der Waals surface area contributed by atoms with Gasteiger partial charge < -0.3 is 20.1 Å². The van der Waals surface area contributed by atoms with Crippen LogP contribution in [0.5, 0.6) is 0 Å². The zero-order chi connectivity index (χ0) is 22.5. The first-order valence-corrected chi connectivity index (χ1v) is 12.6. The highest BCUT2D eigenvalue weighted by Crippen LogP contribution is 2.34. The maximum Gasteiger partial charge on any atom is 0.254 e. The zero-order valence-corrected chi connectivity index (χ0v) is 19.8. The topological polar surface area (TPSA) is 61.8 Å². The fourth-order valence-corrected chi connectivity index (χ4v) is 6.00. The summed E-state index contributed by atoms with van der Waals surface area (Å²) in [5, 5.41) is 14.2. The van der Waals surface area contributed by atoms with Crippen molar-refractivity contribution in [2.45, 2.75) is 94.9 Å². The van der Waals surface area contributed by atoms with Crippen molar-refractivity contribution in [3.05, 3.63) is 47.2 Å². The number of likely N-dealkylation sites (N-methyl/N-ethyl adjacent to an activating group) is 1. The van der Waals surface area contributed by atoms with Crippen LogP contribution in [0.4, 0.5) is 0 Å². The van der Waals surface area contributed by atoms with E-state index in [1.807, 2.05) is 31.4 Å². The van der Waals surface area contributed by atoms with Crippen molar-refractivity contribution >= 4 is 5.91 Å². The van der Waals surface area contributed by atoms with Crippen molar-refractivity contribution < 1.29 is 14.6 Å². The van der Waals surface area contributed by atoms with Gasteiger partial charge in [0.1, 0.15) is 6.10 Å². The maximum atomic E-state index is 13.6. The third-order valence-electron chi connectivity index (χ3n) is 7.90. The molecule has 2 N–H and O–H groups in total. The Hall–Kier alpha value is -1.85. The predicted octanol–water partition coefficient (Wildman–Crippen LogP) is 4.40. The van der Waals surface area contributed by atoms with E-state index in [0.29, 0.717) is 24.9 Å². The number of amides is 1. The lowest BCUT2D eigenvalue weighted by Gasteiger charge is -2.39. The highest BCUT2D eigenvalue weighted by molar-refractivity contribution is 5.96. The van der Waals surface area contributed by atoms with Crippen molar-refractivity contribution in [3.63, 3.8) is 0 Å². The van der Waals surface area contributed by atoms with Gasteiger partial charge in [0.25, 0.3) is 5.91 Å². The molecule has 4 aliphatic carbocycles. The van der Waals surface area contributed by atoms with Crippen LogP contribution < -0.4 is 5.32 Å². The van der Waals surface area contributed by atoms with E-state index in [1.54, 1.807) is 7.11 Å². The molecule has 5 heteroatoms. The lowest BCUT2D eigenvalue weighted by atomic mass is 9.84. The molecule has 0 radical (unpaired) electrons. The van der Waals surface area contributed by atoms with Crippen molar-refractivity contribution in [1.82, 2.24) is 10.2 Å². The summed E-state index contributed by atoms with van der Waals surface area (Å²) < 4.78 is 5.58. The van der Waals surface area contributed by atoms with Crippen molar-refractivity contribution in [1.29, 1.82) is 0 Å². The molecule has 32 heavy (non-hydrogen) atoms. The Morgan fingerprint density at radius 2 is 1.75 bits per heavy atom. The minimum atomic E-state index is -0.560. The summed E-state index contributed by atoms with van der Waals surface area (Å²) in [6.45, 7) is 0. The molecule has 0 aromatic rings. The molecular formula is C27H40N2O3. The van der Waals surface area contributed by atoms with E-state index >= 15 is 0 Å². The molecule has 2 fully saturated rings. The van der Waals surface area contributed by atoms with E-state index in [1.165, 1.54) is 32.1 Å². The summed E-state index contributed by atoms with van der Waals surface area (Å²) in [6.07, 6.45) is 21.7. The Labute approximate surface area is 193 Å². The summed E-state index contributed by atoms with van der Waals surface area (Å²) in [6, 6.07) is 0.818. The quantitative estimate of drug-likeness (QED) is 0.616. The average molecular weight is 441 g/mol. The van der Waals surface area contributed by atoms with Crippen molar-refractivity contribution in [3.8, 4) is 0 Å². The number of nitrogens with zero attached hydrogens (tertiary/aromatic N) is 1. The van der Waals surface area contributed by atoms with Crippen LogP contribution >= 0.6 is 0 Å². The fourth-order valence-electron chi connectivity index (χ4n) is 6.00. The van der Waals surface area contributed by atoms with Gasteiger partial charge in [-0.2, -0.15) is 0 Å². The number of carbonyl (C=O) groups is 1. The van der Waals surface area contributed by atoms with E-state index < -0.39 is 6.10 Å². The normalized spacial score (nSPS) is 28.0. The maximum absolute atomic E-state index is 13.6. The fraction of sp³-hybridized carbons (Fsp3) is 0.667. The number of allylic oxidation sites excluding steroid dienone is 3. The van der Waals surface area contributed by atoms with E-state index in [-0.39, 0.29) is 17.9 Å². The SMILES string of the molecule is CNC1=CC=C(C(O)C2C=CC(C(=O)N(C3CCCCC3)C3CCCC3)=CC2)CC1OC. The van der Waals surface area contributed by atoms with Crippen LogP contribution in [-0.4, -0.2) is 54.4 Å². The minimum absolute atomic E-state index is 0.00514. The molecule has 0 spiro atoms. The van der Waals surface area contributed by atoms with Gasteiger partial charge in [-0.15, -0.1) is 0 Å². The van der Waals surface area contributed by atoms with E-state index in [2.05, 4.69) is 16.3 Å². The third-order valence-corrected chi connectivity index (χ3v) is 7.90. The van der Waals surface area contributed by atoms with Gasteiger partial charge in [-0.1, -0.05) is 56.4 Å². The number of hydrogen-bond acceptors (Lipinski definition) is 4. The second-order valence-electron chi connectivity index (χ2n) is 9.85. The molecule has 4 rings (SSSR count). The monoisotopic (exact) mass is 440 g/mol. The number of rotatable bonds is 7. The Bertz CT molecular complexity index is 785. The number of aliphatic hydroxyl groups is 1. The first kappa shape index (κ1) is 23.3. The molecule has 0 saturated heterocycles. The van der Waals surface area contributed by atoms with Crippen LogP contribution in [0.3, 0.4) is 0 Å². The second kappa shape index (κ2) is 10.8. The standard InChI is InChI=1S/C27H40N2O3/c1-28-24-17-16-21(18-25(24)32-2)26(30)19-12-14-20(15-13-19)27(31)29(23-10-6-7-11-23)22-8-4-3-5-9-22/h12,14-17,19,22-23,25-26,28,30H,3-11,13,18H2,1-2H3. The first-order chi connectivity index (χ1) is 15.6. The lowest BCUT2D eigenvalue weighted by Crippen LogP contribution is -2.47. The van der Waals surface area contributed by atoms with Gasteiger partial charge in [0, 0.05) is 49.9 Å². The zero-order valence-electron chi connectivity index (χ0n) is 19.8. The van der Waals surface area contributed by atoms with Crippen LogP contribution in [0, 0.1) is 5.92 Å². The number of hydrogen-bond donors (Lipinski definition) is 2. The molecule has 4 aliphatic rings. The molecule has 0 aromatic heterocycles. The largest absolute Gasteiger partial charge is 0.389 e. The van der Waals surface area contributed by atoms with Gasteiger partial charge in [-0.3, -0.25) is 4.79 Å². The molecular weight excluding hydrogens is 400 g/mol. The minimum Gasteiger partial charge on any atom is -0.389 e. The van der Waals surface area contributed by atoms with Crippen LogP contribution in [0.15, 0.2) is 47.2 Å². The Morgan fingerprint density at radius 1 is 1.09 bits per heavy atom. The molecule has 176 valence electrons. The molecule has 3 atom stereocenters.